The van der Waals surface area contributed by atoms with Crippen LogP contribution in [0.5, 0.6) is 0 Å². The van der Waals surface area contributed by atoms with Gasteiger partial charge in [-0.05, 0) is 11.6 Å². The van der Waals surface area contributed by atoms with E-state index in [-0.39, 0.29) is 5.56 Å². The summed E-state index contributed by atoms with van der Waals surface area (Å²) in [6.45, 7) is -0.818. The molecule has 2 N–H and O–H groups in total. The first-order valence-electron chi connectivity index (χ1n) is 4.95. The maximum atomic E-state index is 12.4. The fourth-order valence-corrected chi connectivity index (χ4v) is 2.34. The normalized spacial score (nSPS) is 12.4. The van der Waals surface area contributed by atoms with Crippen LogP contribution >= 0.6 is 0 Å². The fourth-order valence-electron chi connectivity index (χ4n) is 1.28. The first-order chi connectivity index (χ1) is 8.60. The van der Waals surface area contributed by atoms with Crippen LogP contribution in [0.2, 0.25) is 0 Å². The second-order valence-corrected chi connectivity index (χ2v) is 5.48. The Morgan fingerprint density at radius 2 is 1.95 bits per heavy atom. The van der Waals surface area contributed by atoms with Crippen LogP contribution in [-0.4, -0.2) is 26.0 Å². The highest BCUT2D eigenvalue weighted by molar-refractivity contribution is 7.88. The van der Waals surface area contributed by atoms with Gasteiger partial charge in [-0.2, -0.15) is 13.2 Å². The van der Waals surface area contributed by atoms with Gasteiger partial charge in [-0.15, -0.1) is 0 Å². The zero-order chi connectivity index (χ0) is 14.7. The van der Waals surface area contributed by atoms with E-state index in [1.165, 1.54) is 6.07 Å². The van der Waals surface area contributed by atoms with E-state index < -0.39 is 40.0 Å². The van der Waals surface area contributed by atoms with E-state index in [2.05, 4.69) is 0 Å². The number of carboxylic acids is 1. The molecule has 0 amide bonds. The van der Waals surface area contributed by atoms with Crippen LogP contribution in [0.4, 0.5) is 13.2 Å². The molecule has 9 heteroatoms. The van der Waals surface area contributed by atoms with Gasteiger partial charge in [0.15, 0.2) is 0 Å². The van der Waals surface area contributed by atoms with E-state index in [9.17, 15) is 26.4 Å². The lowest BCUT2D eigenvalue weighted by Crippen LogP contribution is -2.30. The molecule has 0 aromatic heterocycles. The first-order valence-corrected chi connectivity index (χ1v) is 6.61. The monoisotopic (exact) mass is 297 g/mol. The number of benzene rings is 1. The molecule has 0 fully saturated rings. The number of aliphatic carboxylic acids is 1. The van der Waals surface area contributed by atoms with Crippen LogP contribution in [0.1, 0.15) is 11.1 Å². The maximum Gasteiger partial charge on any atom is 0.416 e. The molecule has 0 heterocycles. The minimum absolute atomic E-state index is 0.0762. The molecule has 0 aliphatic rings. The van der Waals surface area contributed by atoms with Gasteiger partial charge in [0, 0.05) is 0 Å². The lowest BCUT2D eigenvalue weighted by Gasteiger charge is -2.09. The second kappa shape index (κ2) is 5.57. The number of carbonyl (C=O) groups is 1. The Bertz CT molecular complexity index is 568. The molecule has 0 radical (unpaired) electrons. The van der Waals surface area contributed by atoms with Crippen molar-refractivity contribution in [3.63, 3.8) is 0 Å². The van der Waals surface area contributed by atoms with Gasteiger partial charge >= 0.3 is 12.1 Å². The Morgan fingerprint density at radius 3 is 2.47 bits per heavy atom. The number of halogens is 3. The minimum Gasteiger partial charge on any atom is -0.480 e. The van der Waals surface area contributed by atoms with Crippen LogP contribution in [0.15, 0.2) is 24.3 Å². The van der Waals surface area contributed by atoms with E-state index >= 15 is 0 Å². The first kappa shape index (κ1) is 15.4. The zero-order valence-corrected chi connectivity index (χ0v) is 10.3. The fraction of sp³-hybridized carbons (Fsp3) is 0.300. The summed E-state index contributed by atoms with van der Waals surface area (Å²) in [6.07, 6.45) is -4.56. The predicted molar refractivity (Wildman–Crippen MR) is 59.7 cm³/mol. The topological polar surface area (TPSA) is 83.5 Å². The van der Waals surface area contributed by atoms with Crippen LogP contribution in [0, 0.1) is 0 Å². The van der Waals surface area contributed by atoms with Gasteiger partial charge in [0.05, 0.1) is 11.3 Å². The van der Waals surface area contributed by atoms with E-state index in [1.54, 1.807) is 4.72 Å². The standard InChI is InChI=1S/C10H10F3NO4S/c11-10(12,13)8-3-1-2-7(4-8)6-19(17,18)14-5-9(15)16/h1-4,14H,5-6H2,(H,15,16). The predicted octanol–water partition coefficient (Wildman–Crippen LogP) is 1.21. The largest absolute Gasteiger partial charge is 0.480 e. The lowest BCUT2D eigenvalue weighted by atomic mass is 10.1. The number of sulfonamides is 1. The highest BCUT2D eigenvalue weighted by Gasteiger charge is 2.30. The molecule has 0 saturated carbocycles. The molecule has 0 saturated heterocycles. The van der Waals surface area contributed by atoms with Crippen molar-refractivity contribution in [1.29, 1.82) is 0 Å². The molecule has 0 spiro atoms. The second-order valence-electron chi connectivity index (χ2n) is 3.67. The number of hydrogen-bond acceptors (Lipinski definition) is 3. The van der Waals surface area contributed by atoms with E-state index in [0.29, 0.717) is 6.07 Å². The third-order valence-corrected chi connectivity index (χ3v) is 3.35. The van der Waals surface area contributed by atoms with Crippen LogP contribution in [0.25, 0.3) is 0 Å². The van der Waals surface area contributed by atoms with Crippen LogP contribution < -0.4 is 4.72 Å². The summed E-state index contributed by atoms with van der Waals surface area (Å²) >= 11 is 0. The molecule has 1 rings (SSSR count). The van der Waals surface area contributed by atoms with Gasteiger partial charge in [-0.1, -0.05) is 18.2 Å². The summed E-state index contributed by atoms with van der Waals surface area (Å²) in [5.41, 5.74) is -1.04. The quantitative estimate of drug-likeness (QED) is 0.855. The Kier molecular flexibility index (Phi) is 4.53. The molecule has 0 bridgehead atoms. The number of carboxylic acid groups (broad SMARTS) is 1. The molecule has 1 aromatic carbocycles. The summed E-state index contributed by atoms with van der Waals surface area (Å²) in [5.74, 6) is -2.10. The van der Waals surface area contributed by atoms with Crippen LogP contribution in [0.3, 0.4) is 0 Å². The number of nitrogens with one attached hydrogen (secondary N) is 1. The molecular formula is C10H10F3NO4S. The van der Waals surface area contributed by atoms with Crippen molar-refractivity contribution < 1.29 is 31.5 Å². The van der Waals surface area contributed by atoms with E-state index in [0.717, 1.165) is 12.1 Å². The highest BCUT2D eigenvalue weighted by Crippen LogP contribution is 2.29. The SMILES string of the molecule is O=C(O)CNS(=O)(=O)Cc1cccc(C(F)(F)F)c1. The summed E-state index contributed by atoms with van der Waals surface area (Å²) in [5, 5.41) is 8.32. The molecular weight excluding hydrogens is 287 g/mol. The highest BCUT2D eigenvalue weighted by atomic mass is 32.2. The lowest BCUT2D eigenvalue weighted by molar-refractivity contribution is -0.138. The van der Waals surface area contributed by atoms with Crippen molar-refractivity contribution in [1.82, 2.24) is 4.72 Å². The molecule has 1 aromatic rings. The average Bonchev–Trinajstić information content (AvgIpc) is 2.25. The maximum absolute atomic E-state index is 12.4. The van der Waals surface area contributed by atoms with Crippen LogP contribution in [-0.2, 0) is 26.7 Å². The van der Waals surface area contributed by atoms with Gasteiger partial charge < -0.3 is 5.11 Å². The number of alkyl halides is 3. The van der Waals surface area contributed by atoms with Crippen molar-refractivity contribution >= 4 is 16.0 Å². The van der Waals surface area contributed by atoms with Gasteiger partial charge in [0.1, 0.15) is 6.54 Å². The molecule has 0 aliphatic carbocycles. The minimum atomic E-state index is -4.56. The molecule has 0 aliphatic heterocycles. The molecule has 0 unspecified atom stereocenters. The average molecular weight is 297 g/mol. The smallest absolute Gasteiger partial charge is 0.416 e. The van der Waals surface area contributed by atoms with Gasteiger partial charge in [0.2, 0.25) is 10.0 Å². The van der Waals surface area contributed by atoms with Gasteiger partial charge in [-0.25, -0.2) is 13.1 Å². The summed E-state index contributed by atoms with van der Waals surface area (Å²) < 4.78 is 61.8. The Hall–Kier alpha value is -1.61. The molecule has 19 heavy (non-hydrogen) atoms. The summed E-state index contributed by atoms with van der Waals surface area (Å²) in [7, 11) is -3.99. The third-order valence-electron chi connectivity index (χ3n) is 2.05. The van der Waals surface area contributed by atoms with E-state index in [4.69, 9.17) is 5.11 Å². The molecule has 106 valence electrons. The zero-order valence-electron chi connectivity index (χ0n) is 9.44. The van der Waals surface area contributed by atoms with Crippen molar-refractivity contribution in [2.75, 3.05) is 6.54 Å². The number of hydrogen-bond donors (Lipinski definition) is 2. The van der Waals surface area contributed by atoms with E-state index in [1.807, 2.05) is 0 Å². The van der Waals surface area contributed by atoms with Crippen molar-refractivity contribution in [2.24, 2.45) is 0 Å². The van der Waals surface area contributed by atoms with Gasteiger partial charge in [-0.3, -0.25) is 4.79 Å². The third kappa shape index (κ3) is 5.26. The molecule has 5 nitrogen and oxygen atoms in total. The summed E-state index contributed by atoms with van der Waals surface area (Å²) in [6, 6.07) is 3.83. The van der Waals surface area contributed by atoms with Crippen molar-refractivity contribution in [2.45, 2.75) is 11.9 Å². The number of rotatable bonds is 5. The Labute approximate surface area is 107 Å². The van der Waals surface area contributed by atoms with Gasteiger partial charge in [0.25, 0.3) is 0 Å². The summed E-state index contributed by atoms with van der Waals surface area (Å²) in [4.78, 5) is 10.2. The molecule has 0 atom stereocenters. The Morgan fingerprint density at radius 1 is 1.32 bits per heavy atom. The van der Waals surface area contributed by atoms with Crippen molar-refractivity contribution in [3.05, 3.63) is 35.4 Å². The van der Waals surface area contributed by atoms with Crippen molar-refractivity contribution in [3.8, 4) is 0 Å². The Balaban J connectivity index is 2.85.